The van der Waals surface area contributed by atoms with Gasteiger partial charge in [0.2, 0.25) is 17.6 Å². The minimum Gasteiger partial charge on any atom is -0.334 e. The Labute approximate surface area is 191 Å². The molecule has 3 aromatic carbocycles. The van der Waals surface area contributed by atoms with Crippen molar-refractivity contribution in [3.05, 3.63) is 84.4 Å². The summed E-state index contributed by atoms with van der Waals surface area (Å²) in [6.45, 7) is 2.37. The lowest BCUT2D eigenvalue weighted by Crippen LogP contribution is -2.28. The van der Waals surface area contributed by atoms with E-state index in [4.69, 9.17) is 4.52 Å². The number of nitrogens with zero attached hydrogens (tertiary/aromatic N) is 3. The second-order valence-electron chi connectivity index (χ2n) is 8.10. The van der Waals surface area contributed by atoms with Crippen LogP contribution in [0.15, 0.2) is 83.4 Å². The maximum Gasteiger partial charge on any atom is 0.258 e. The smallest absolute Gasteiger partial charge is 0.258 e. The van der Waals surface area contributed by atoms with Gasteiger partial charge in [0.15, 0.2) is 0 Å². The van der Waals surface area contributed by atoms with Crippen molar-refractivity contribution in [1.29, 1.82) is 0 Å². The summed E-state index contributed by atoms with van der Waals surface area (Å²) in [5.41, 5.74) is 4.22. The molecule has 1 aliphatic rings. The van der Waals surface area contributed by atoms with E-state index in [0.29, 0.717) is 23.9 Å². The van der Waals surface area contributed by atoms with Crippen LogP contribution in [0, 0.1) is 12.8 Å². The van der Waals surface area contributed by atoms with E-state index in [9.17, 15) is 9.59 Å². The van der Waals surface area contributed by atoms with Crippen molar-refractivity contribution in [2.75, 3.05) is 16.8 Å². The van der Waals surface area contributed by atoms with Crippen LogP contribution in [0.2, 0.25) is 0 Å². The van der Waals surface area contributed by atoms with Crippen LogP contribution in [0.25, 0.3) is 22.8 Å². The van der Waals surface area contributed by atoms with Gasteiger partial charge in [-0.15, -0.1) is 0 Å². The third kappa shape index (κ3) is 4.39. The Kier molecular flexibility index (Phi) is 5.44. The van der Waals surface area contributed by atoms with Gasteiger partial charge in [-0.2, -0.15) is 4.98 Å². The van der Waals surface area contributed by atoms with E-state index < -0.39 is 5.92 Å². The number of benzene rings is 3. The standard InChI is InChI=1S/C26H22N4O3/c1-17-7-13-22(14-8-17)30-16-20(15-23(30)31)25(32)27-21-11-9-19(10-12-21)26-28-24(29-33-26)18-5-3-2-4-6-18/h2-14,20H,15-16H2,1H3,(H,27,32)/t20-/m1/s1. The maximum atomic E-state index is 12.8. The van der Waals surface area contributed by atoms with E-state index in [1.54, 1.807) is 17.0 Å². The van der Waals surface area contributed by atoms with Crippen LogP contribution in [0.5, 0.6) is 0 Å². The summed E-state index contributed by atoms with van der Waals surface area (Å²) < 4.78 is 5.39. The monoisotopic (exact) mass is 438 g/mol. The topological polar surface area (TPSA) is 88.3 Å². The number of nitrogens with one attached hydrogen (secondary N) is 1. The minimum absolute atomic E-state index is 0.0417. The molecule has 33 heavy (non-hydrogen) atoms. The molecule has 0 unspecified atom stereocenters. The number of anilines is 2. The highest BCUT2D eigenvalue weighted by Crippen LogP contribution is 2.27. The van der Waals surface area contributed by atoms with Gasteiger partial charge < -0.3 is 14.7 Å². The number of amides is 2. The molecular weight excluding hydrogens is 416 g/mol. The minimum atomic E-state index is -0.400. The average molecular weight is 438 g/mol. The van der Waals surface area contributed by atoms with Crippen molar-refractivity contribution in [3.63, 3.8) is 0 Å². The van der Waals surface area contributed by atoms with Crippen LogP contribution < -0.4 is 10.2 Å². The van der Waals surface area contributed by atoms with Gasteiger partial charge in [0, 0.05) is 35.5 Å². The van der Waals surface area contributed by atoms with E-state index in [0.717, 1.165) is 22.4 Å². The van der Waals surface area contributed by atoms with Gasteiger partial charge in [-0.1, -0.05) is 53.2 Å². The molecule has 0 aliphatic carbocycles. The Morgan fingerprint density at radius 2 is 1.70 bits per heavy atom. The average Bonchev–Trinajstić information content (AvgIpc) is 3.48. The van der Waals surface area contributed by atoms with Crippen molar-refractivity contribution in [2.24, 2.45) is 5.92 Å². The zero-order chi connectivity index (χ0) is 22.8. The highest BCUT2D eigenvalue weighted by atomic mass is 16.5. The summed E-state index contributed by atoms with van der Waals surface area (Å²) >= 11 is 0. The molecule has 1 saturated heterocycles. The molecular formula is C26H22N4O3. The van der Waals surface area contributed by atoms with Gasteiger partial charge in [0.25, 0.3) is 5.89 Å². The molecule has 1 fully saturated rings. The molecule has 1 aromatic heterocycles. The lowest BCUT2D eigenvalue weighted by atomic mass is 10.1. The second-order valence-corrected chi connectivity index (χ2v) is 8.10. The Hall–Kier alpha value is -4.26. The van der Waals surface area contributed by atoms with E-state index >= 15 is 0 Å². The lowest BCUT2D eigenvalue weighted by molar-refractivity contribution is -0.122. The molecule has 0 spiro atoms. The molecule has 0 radical (unpaired) electrons. The van der Waals surface area contributed by atoms with Crippen LogP contribution in [-0.2, 0) is 9.59 Å². The first-order valence-corrected chi connectivity index (χ1v) is 10.7. The van der Waals surface area contributed by atoms with Gasteiger partial charge >= 0.3 is 0 Å². The zero-order valence-corrected chi connectivity index (χ0v) is 18.1. The van der Waals surface area contributed by atoms with E-state index in [1.807, 2.05) is 73.7 Å². The van der Waals surface area contributed by atoms with Crippen molar-refractivity contribution in [2.45, 2.75) is 13.3 Å². The summed E-state index contributed by atoms with van der Waals surface area (Å²) in [7, 11) is 0. The molecule has 1 N–H and O–H groups in total. The number of hydrogen-bond acceptors (Lipinski definition) is 5. The third-order valence-corrected chi connectivity index (χ3v) is 5.70. The molecule has 164 valence electrons. The van der Waals surface area contributed by atoms with Crippen LogP contribution in [0.3, 0.4) is 0 Å². The fourth-order valence-electron chi connectivity index (χ4n) is 3.84. The molecule has 2 amide bonds. The molecule has 7 nitrogen and oxygen atoms in total. The fraction of sp³-hybridized carbons (Fsp3) is 0.154. The Morgan fingerprint density at radius 1 is 0.970 bits per heavy atom. The molecule has 7 heteroatoms. The van der Waals surface area contributed by atoms with Crippen LogP contribution in [0.4, 0.5) is 11.4 Å². The zero-order valence-electron chi connectivity index (χ0n) is 18.1. The van der Waals surface area contributed by atoms with E-state index in [1.165, 1.54) is 0 Å². The number of rotatable bonds is 5. The van der Waals surface area contributed by atoms with Crippen LogP contribution in [-0.4, -0.2) is 28.5 Å². The summed E-state index contributed by atoms with van der Waals surface area (Å²) in [4.78, 5) is 31.4. The summed E-state index contributed by atoms with van der Waals surface area (Å²) in [6, 6.07) is 24.5. The SMILES string of the molecule is Cc1ccc(N2C[C@H](C(=O)Nc3ccc(-c4nc(-c5ccccc5)no4)cc3)CC2=O)cc1. The molecule has 0 saturated carbocycles. The highest BCUT2D eigenvalue weighted by Gasteiger charge is 2.35. The summed E-state index contributed by atoms with van der Waals surface area (Å²) in [5.74, 6) is 0.312. The molecule has 1 atom stereocenters. The van der Waals surface area contributed by atoms with Gasteiger partial charge in [-0.3, -0.25) is 9.59 Å². The highest BCUT2D eigenvalue weighted by molar-refractivity contribution is 6.03. The van der Waals surface area contributed by atoms with Crippen molar-refractivity contribution >= 4 is 23.2 Å². The third-order valence-electron chi connectivity index (χ3n) is 5.70. The van der Waals surface area contributed by atoms with Crippen LogP contribution >= 0.6 is 0 Å². The fourth-order valence-corrected chi connectivity index (χ4v) is 3.84. The van der Waals surface area contributed by atoms with Gasteiger partial charge in [0.05, 0.1) is 5.92 Å². The van der Waals surface area contributed by atoms with Gasteiger partial charge in [-0.05, 0) is 43.3 Å². The van der Waals surface area contributed by atoms with Crippen LogP contribution in [0.1, 0.15) is 12.0 Å². The first-order chi connectivity index (χ1) is 16.1. The normalized spacial score (nSPS) is 15.6. The Bertz CT molecular complexity index is 1280. The molecule has 4 aromatic rings. The van der Waals surface area contributed by atoms with Crippen molar-refractivity contribution in [3.8, 4) is 22.8 Å². The van der Waals surface area contributed by atoms with Crippen molar-refractivity contribution < 1.29 is 14.1 Å². The molecule has 5 rings (SSSR count). The number of hydrogen-bond donors (Lipinski definition) is 1. The first kappa shape index (κ1) is 20.6. The summed E-state index contributed by atoms with van der Waals surface area (Å²) in [5, 5.41) is 6.95. The number of carbonyl (C=O) groups is 2. The maximum absolute atomic E-state index is 12.8. The first-order valence-electron chi connectivity index (χ1n) is 10.7. The van der Waals surface area contributed by atoms with Gasteiger partial charge in [-0.25, -0.2) is 0 Å². The molecule has 1 aliphatic heterocycles. The Balaban J connectivity index is 1.23. The molecule has 0 bridgehead atoms. The molecule has 2 heterocycles. The largest absolute Gasteiger partial charge is 0.334 e. The number of carbonyl (C=O) groups excluding carboxylic acids is 2. The lowest BCUT2D eigenvalue weighted by Gasteiger charge is -2.17. The van der Waals surface area contributed by atoms with E-state index in [2.05, 4.69) is 15.5 Å². The Morgan fingerprint density at radius 3 is 2.42 bits per heavy atom. The quantitative estimate of drug-likeness (QED) is 0.488. The van der Waals surface area contributed by atoms with Crippen molar-refractivity contribution in [1.82, 2.24) is 10.1 Å². The predicted octanol–water partition coefficient (Wildman–Crippen LogP) is 4.70. The predicted molar refractivity (Wildman–Crippen MR) is 125 cm³/mol. The summed E-state index contributed by atoms with van der Waals surface area (Å²) in [6.07, 6.45) is 0.196. The number of aromatic nitrogens is 2. The second kappa shape index (κ2) is 8.70. The number of aryl methyl sites for hydroxylation is 1. The van der Waals surface area contributed by atoms with Gasteiger partial charge in [0.1, 0.15) is 0 Å². The van der Waals surface area contributed by atoms with E-state index in [-0.39, 0.29) is 18.2 Å².